The van der Waals surface area contributed by atoms with Gasteiger partial charge in [-0.05, 0) is 99.5 Å². The lowest BCUT2D eigenvalue weighted by Crippen LogP contribution is -2.19. The summed E-state index contributed by atoms with van der Waals surface area (Å²) in [6.45, 7) is 12.8. The Morgan fingerprint density at radius 1 is 0.704 bits per heavy atom. The highest BCUT2D eigenvalue weighted by molar-refractivity contribution is 7.92. The molecule has 2 rings (SSSR count). The molecule has 0 radical (unpaired) electrons. The Hall–Kier alpha value is -1.90. The van der Waals surface area contributed by atoms with E-state index in [-0.39, 0.29) is 15.5 Å². The quantitative estimate of drug-likeness (QED) is 0.806. The smallest absolute Gasteiger partial charge is 0.262 e. The van der Waals surface area contributed by atoms with E-state index < -0.39 is 20.0 Å². The highest BCUT2D eigenvalue weighted by atomic mass is 32.2. The molecule has 3 N–H and O–H groups in total. The summed E-state index contributed by atoms with van der Waals surface area (Å²) in [4.78, 5) is 0.0918. The Labute approximate surface area is 161 Å². The van der Waals surface area contributed by atoms with Crippen molar-refractivity contribution in [2.24, 2.45) is 5.14 Å². The molecule has 0 unspecified atom stereocenters. The van der Waals surface area contributed by atoms with Gasteiger partial charge in [0, 0.05) is 0 Å². The van der Waals surface area contributed by atoms with Crippen LogP contribution in [0.4, 0.5) is 5.69 Å². The summed E-state index contributed by atoms with van der Waals surface area (Å²) < 4.78 is 52.4. The van der Waals surface area contributed by atoms with Crippen molar-refractivity contribution in [2.45, 2.75) is 58.3 Å². The minimum absolute atomic E-state index is 0.131. The van der Waals surface area contributed by atoms with E-state index in [9.17, 15) is 16.8 Å². The summed E-state index contributed by atoms with van der Waals surface area (Å²) in [5, 5.41) is 5.22. The van der Waals surface area contributed by atoms with Gasteiger partial charge in [0.2, 0.25) is 10.0 Å². The van der Waals surface area contributed by atoms with Gasteiger partial charge in [0.05, 0.1) is 15.5 Å². The van der Waals surface area contributed by atoms with E-state index >= 15 is 0 Å². The molecule has 2 aromatic rings. The number of hydrogen-bond donors (Lipinski definition) is 2. The van der Waals surface area contributed by atoms with Gasteiger partial charge >= 0.3 is 0 Å². The van der Waals surface area contributed by atoms with Gasteiger partial charge in [-0.15, -0.1) is 0 Å². The summed E-state index contributed by atoms with van der Waals surface area (Å²) in [5.41, 5.74) is 5.74. The Balaban J connectivity index is 2.71. The fraction of sp³-hybridized carbons (Fsp3) is 0.368. The number of nitrogens with one attached hydrogen (secondary N) is 1. The first kappa shape index (κ1) is 21.4. The van der Waals surface area contributed by atoms with Crippen molar-refractivity contribution in [3.8, 4) is 0 Å². The Morgan fingerprint density at radius 2 is 1.15 bits per heavy atom. The van der Waals surface area contributed by atoms with E-state index in [2.05, 4.69) is 4.72 Å². The predicted molar refractivity (Wildman–Crippen MR) is 108 cm³/mol. The molecule has 0 amide bonds. The Morgan fingerprint density at radius 3 is 1.59 bits per heavy atom. The first-order valence-corrected chi connectivity index (χ1v) is 11.4. The molecule has 0 heterocycles. The van der Waals surface area contributed by atoms with Gasteiger partial charge in [0.25, 0.3) is 10.0 Å². The molecule has 0 spiro atoms. The van der Waals surface area contributed by atoms with E-state index in [0.29, 0.717) is 22.3 Å². The topological polar surface area (TPSA) is 106 Å². The van der Waals surface area contributed by atoms with E-state index in [0.717, 1.165) is 16.7 Å². The fourth-order valence-corrected chi connectivity index (χ4v) is 5.50. The summed E-state index contributed by atoms with van der Waals surface area (Å²) in [7, 11) is -7.88. The number of primary sulfonamides is 1. The summed E-state index contributed by atoms with van der Waals surface area (Å²) >= 11 is 0. The maximum absolute atomic E-state index is 13.2. The van der Waals surface area contributed by atoms with Gasteiger partial charge in [0.1, 0.15) is 0 Å². The number of nitrogens with two attached hydrogens (primary N) is 1. The third-order valence-corrected chi connectivity index (χ3v) is 7.94. The minimum atomic E-state index is -3.96. The van der Waals surface area contributed by atoms with Crippen molar-refractivity contribution in [3.63, 3.8) is 0 Å². The van der Waals surface area contributed by atoms with Crippen molar-refractivity contribution >= 4 is 25.7 Å². The molecule has 8 heteroatoms. The third-order valence-electron chi connectivity index (χ3n) is 5.41. The van der Waals surface area contributed by atoms with Crippen LogP contribution in [-0.2, 0) is 20.0 Å². The van der Waals surface area contributed by atoms with Crippen LogP contribution in [0.15, 0.2) is 21.9 Å². The number of sulfonamides is 2. The van der Waals surface area contributed by atoms with Crippen LogP contribution in [-0.4, -0.2) is 16.8 Å². The predicted octanol–water partition coefficient (Wildman–Crippen LogP) is 3.29. The standard InChI is InChI=1S/C19H26N2O4S2/c1-10-8-17(26(20,22)23)9-18(11(10)2)21-27(24,25)19-15(6)13(4)12(3)14(5)16(19)7/h8-9,21H,1-7H3,(H2,20,22,23). The van der Waals surface area contributed by atoms with Gasteiger partial charge < -0.3 is 0 Å². The van der Waals surface area contributed by atoms with E-state index in [1.165, 1.54) is 12.1 Å². The van der Waals surface area contributed by atoms with Crippen molar-refractivity contribution in [1.29, 1.82) is 0 Å². The summed E-state index contributed by atoms with van der Waals surface area (Å²) in [5.74, 6) is 0. The first-order valence-electron chi connectivity index (χ1n) is 8.42. The number of anilines is 1. The molecule has 0 saturated heterocycles. The maximum atomic E-state index is 13.2. The fourth-order valence-electron chi connectivity index (χ4n) is 3.16. The number of benzene rings is 2. The van der Waals surface area contributed by atoms with Crippen LogP contribution in [0.5, 0.6) is 0 Å². The maximum Gasteiger partial charge on any atom is 0.262 e. The van der Waals surface area contributed by atoms with Crippen LogP contribution in [0.3, 0.4) is 0 Å². The van der Waals surface area contributed by atoms with Gasteiger partial charge in [0.15, 0.2) is 0 Å². The van der Waals surface area contributed by atoms with Gasteiger partial charge in [-0.1, -0.05) is 0 Å². The normalized spacial score (nSPS) is 12.3. The second kappa shape index (κ2) is 6.92. The van der Waals surface area contributed by atoms with E-state index in [4.69, 9.17) is 5.14 Å². The van der Waals surface area contributed by atoms with Crippen molar-refractivity contribution < 1.29 is 16.8 Å². The zero-order chi connectivity index (χ0) is 20.9. The first-order chi connectivity index (χ1) is 12.2. The van der Waals surface area contributed by atoms with Gasteiger partial charge in [-0.25, -0.2) is 22.0 Å². The minimum Gasteiger partial charge on any atom is -0.279 e. The van der Waals surface area contributed by atoms with E-state index in [1.807, 2.05) is 20.8 Å². The average Bonchev–Trinajstić information content (AvgIpc) is 2.53. The Kier molecular flexibility index (Phi) is 5.49. The molecule has 0 saturated carbocycles. The second-order valence-electron chi connectivity index (χ2n) is 7.02. The summed E-state index contributed by atoms with van der Waals surface area (Å²) in [6, 6.07) is 2.69. The SMILES string of the molecule is Cc1cc(S(N)(=O)=O)cc(NS(=O)(=O)c2c(C)c(C)c(C)c(C)c2C)c1C. The average molecular weight is 411 g/mol. The molecule has 0 aromatic heterocycles. The number of hydrogen-bond acceptors (Lipinski definition) is 4. The monoisotopic (exact) mass is 410 g/mol. The second-order valence-corrected chi connectivity index (χ2v) is 10.2. The number of rotatable bonds is 4. The molecule has 2 aromatic carbocycles. The van der Waals surface area contributed by atoms with E-state index in [1.54, 1.807) is 27.7 Å². The lowest BCUT2D eigenvalue weighted by Gasteiger charge is -2.20. The molecule has 0 fully saturated rings. The van der Waals surface area contributed by atoms with Crippen molar-refractivity contribution in [2.75, 3.05) is 4.72 Å². The molecule has 0 atom stereocenters. The van der Waals surface area contributed by atoms with Crippen LogP contribution in [0.1, 0.15) is 38.9 Å². The highest BCUT2D eigenvalue weighted by Crippen LogP contribution is 2.32. The third kappa shape index (κ3) is 3.88. The highest BCUT2D eigenvalue weighted by Gasteiger charge is 2.25. The van der Waals surface area contributed by atoms with Gasteiger partial charge in [-0.3, -0.25) is 4.72 Å². The molecule has 0 aliphatic carbocycles. The molecule has 0 aliphatic heterocycles. The molecule has 0 aliphatic rings. The van der Waals surface area contributed by atoms with Crippen LogP contribution in [0.2, 0.25) is 0 Å². The largest absolute Gasteiger partial charge is 0.279 e. The lowest BCUT2D eigenvalue weighted by atomic mass is 9.95. The molecule has 27 heavy (non-hydrogen) atoms. The van der Waals surface area contributed by atoms with Crippen LogP contribution < -0.4 is 9.86 Å². The van der Waals surface area contributed by atoms with Crippen molar-refractivity contribution in [1.82, 2.24) is 0 Å². The van der Waals surface area contributed by atoms with Crippen LogP contribution in [0, 0.1) is 48.5 Å². The molecular formula is C19H26N2O4S2. The number of aryl methyl sites for hydroxylation is 1. The van der Waals surface area contributed by atoms with Crippen LogP contribution in [0.25, 0.3) is 0 Å². The Bertz CT molecular complexity index is 1120. The lowest BCUT2D eigenvalue weighted by molar-refractivity contribution is 0.595. The van der Waals surface area contributed by atoms with Crippen molar-refractivity contribution in [3.05, 3.63) is 51.1 Å². The molecule has 148 valence electrons. The molecule has 6 nitrogen and oxygen atoms in total. The van der Waals surface area contributed by atoms with Gasteiger partial charge in [-0.2, -0.15) is 0 Å². The summed E-state index contributed by atoms with van der Waals surface area (Å²) in [6.07, 6.45) is 0. The zero-order valence-corrected chi connectivity index (χ0v) is 18.3. The zero-order valence-electron chi connectivity index (χ0n) is 16.7. The molecular weight excluding hydrogens is 384 g/mol. The van der Waals surface area contributed by atoms with Crippen LogP contribution >= 0.6 is 0 Å². The molecule has 0 bridgehead atoms.